The molecule has 7 heteroatoms. The highest BCUT2D eigenvalue weighted by molar-refractivity contribution is 6.30. The van der Waals surface area contributed by atoms with Gasteiger partial charge >= 0.3 is 6.03 Å². The number of aromatic nitrogens is 1. The first kappa shape index (κ1) is 21.2. The van der Waals surface area contributed by atoms with Crippen molar-refractivity contribution < 1.29 is 9.53 Å². The van der Waals surface area contributed by atoms with Crippen molar-refractivity contribution in [3.05, 3.63) is 69.5 Å². The van der Waals surface area contributed by atoms with Crippen molar-refractivity contribution in [3.8, 4) is 5.75 Å². The van der Waals surface area contributed by atoms with Gasteiger partial charge in [0.1, 0.15) is 5.75 Å². The molecule has 31 heavy (non-hydrogen) atoms. The number of anilines is 1. The molecule has 0 unspecified atom stereocenters. The lowest BCUT2D eigenvalue weighted by Crippen LogP contribution is -2.44. The van der Waals surface area contributed by atoms with Crippen LogP contribution < -0.4 is 15.6 Å². The molecular weight excluding hydrogens is 414 g/mol. The number of hydrogen-bond donors (Lipinski definition) is 2. The van der Waals surface area contributed by atoms with Gasteiger partial charge in [-0.15, -0.1) is 0 Å². The summed E-state index contributed by atoms with van der Waals surface area (Å²) in [5, 5.41) is 4.37. The van der Waals surface area contributed by atoms with Crippen LogP contribution in [0.15, 0.2) is 53.3 Å². The lowest BCUT2D eigenvalue weighted by Gasteiger charge is -2.34. The fourth-order valence-corrected chi connectivity index (χ4v) is 4.37. The predicted octanol–water partition coefficient (Wildman–Crippen LogP) is 5.56. The molecule has 1 aliphatic rings. The zero-order chi connectivity index (χ0) is 21.8. The van der Waals surface area contributed by atoms with Crippen LogP contribution in [0.3, 0.4) is 0 Å². The van der Waals surface area contributed by atoms with Gasteiger partial charge in [-0.2, -0.15) is 0 Å². The van der Waals surface area contributed by atoms with Crippen LogP contribution in [-0.2, 0) is 6.54 Å². The number of ether oxygens (including phenoxy) is 1. The number of H-pyrrole nitrogens is 1. The summed E-state index contributed by atoms with van der Waals surface area (Å²) in [4.78, 5) is 30.7. The van der Waals surface area contributed by atoms with Crippen LogP contribution in [-0.4, -0.2) is 29.1 Å². The van der Waals surface area contributed by atoms with E-state index in [9.17, 15) is 9.59 Å². The number of nitrogens with zero attached hydrogens (tertiary/aromatic N) is 1. The van der Waals surface area contributed by atoms with E-state index in [1.54, 1.807) is 36.3 Å². The number of amides is 2. The van der Waals surface area contributed by atoms with Crippen LogP contribution in [0.5, 0.6) is 5.75 Å². The van der Waals surface area contributed by atoms with Gasteiger partial charge in [0.25, 0.3) is 5.56 Å². The maximum Gasteiger partial charge on any atom is 0.322 e. The van der Waals surface area contributed by atoms with E-state index in [1.165, 1.54) is 6.42 Å². The lowest BCUT2D eigenvalue weighted by atomic mass is 9.94. The molecule has 6 nitrogen and oxygen atoms in total. The molecule has 1 aliphatic carbocycles. The molecule has 2 aromatic carbocycles. The molecular formula is C24H26ClN3O3. The molecule has 0 radical (unpaired) electrons. The smallest absolute Gasteiger partial charge is 0.322 e. The van der Waals surface area contributed by atoms with Crippen molar-refractivity contribution in [2.24, 2.45) is 0 Å². The van der Waals surface area contributed by atoms with Crippen LogP contribution in [0.1, 0.15) is 37.7 Å². The Morgan fingerprint density at radius 1 is 1.16 bits per heavy atom. The Labute approximate surface area is 186 Å². The number of nitrogens with one attached hydrogen (secondary N) is 2. The number of rotatable bonds is 5. The van der Waals surface area contributed by atoms with E-state index in [0.29, 0.717) is 22.0 Å². The minimum absolute atomic E-state index is 0.0911. The van der Waals surface area contributed by atoms with E-state index >= 15 is 0 Å². The zero-order valence-corrected chi connectivity index (χ0v) is 18.2. The number of carbonyl (C=O) groups excluding carboxylic acids is 1. The van der Waals surface area contributed by atoms with Crippen LogP contribution in [0.2, 0.25) is 5.02 Å². The first-order chi connectivity index (χ1) is 15.0. The van der Waals surface area contributed by atoms with Crippen molar-refractivity contribution in [3.63, 3.8) is 0 Å². The maximum absolute atomic E-state index is 13.2. The number of hydrogen-bond acceptors (Lipinski definition) is 3. The van der Waals surface area contributed by atoms with Gasteiger partial charge in [-0.25, -0.2) is 4.79 Å². The second kappa shape index (κ2) is 9.43. The number of carbonyl (C=O) groups is 1. The number of fused-ring (bicyclic) bond motifs is 1. The molecule has 0 bridgehead atoms. The van der Waals surface area contributed by atoms with Crippen molar-refractivity contribution in [1.29, 1.82) is 0 Å². The summed E-state index contributed by atoms with van der Waals surface area (Å²) in [5.74, 6) is 0.716. The van der Waals surface area contributed by atoms with E-state index in [2.05, 4.69) is 10.3 Å². The summed E-state index contributed by atoms with van der Waals surface area (Å²) in [6.45, 7) is 0.236. The van der Waals surface area contributed by atoms with Crippen molar-refractivity contribution >= 4 is 34.2 Å². The Morgan fingerprint density at radius 3 is 2.71 bits per heavy atom. The predicted molar refractivity (Wildman–Crippen MR) is 124 cm³/mol. The molecule has 3 aromatic rings. The van der Waals surface area contributed by atoms with Gasteiger partial charge in [0.2, 0.25) is 0 Å². The summed E-state index contributed by atoms with van der Waals surface area (Å²) in [6.07, 6.45) is 5.20. The van der Waals surface area contributed by atoms with Gasteiger partial charge in [0, 0.05) is 33.2 Å². The van der Waals surface area contributed by atoms with Gasteiger partial charge in [0.15, 0.2) is 0 Å². The van der Waals surface area contributed by atoms with E-state index in [0.717, 1.165) is 36.6 Å². The molecule has 162 valence electrons. The maximum atomic E-state index is 13.2. The number of benzene rings is 2. The number of pyridine rings is 1. The minimum Gasteiger partial charge on any atom is -0.497 e. The summed E-state index contributed by atoms with van der Waals surface area (Å²) >= 11 is 6.07. The van der Waals surface area contributed by atoms with Crippen LogP contribution in [0.4, 0.5) is 10.5 Å². The highest BCUT2D eigenvalue weighted by Gasteiger charge is 2.26. The van der Waals surface area contributed by atoms with E-state index in [-0.39, 0.29) is 24.2 Å². The summed E-state index contributed by atoms with van der Waals surface area (Å²) < 4.78 is 5.31. The molecule has 1 saturated carbocycles. The molecule has 4 rings (SSSR count). The zero-order valence-electron chi connectivity index (χ0n) is 17.5. The lowest BCUT2D eigenvalue weighted by molar-refractivity contribution is 0.162. The number of aromatic amines is 1. The molecule has 1 aromatic heterocycles. The van der Waals surface area contributed by atoms with Crippen molar-refractivity contribution in [2.75, 3.05) is 12.4 Å². The molecule has 0 aliphatic heterocycles. The van der Waals surface area contributed by atoms with Gasteiger partial charge in [-0.05, 0) is 55.3 Å². The van der Waals surface area contributed by atoms with Gasteiger partial charge in [-0.1, -0.05) is 36.9 Å². The van der Waals surface area contributed by atoms with Gasteiger partial charge in [0.05, 0.1) is 13.7 Å². The Hall–Kier alpha value is -2.99. The highest BCUT2D eigenvalue weighted by Crippen LogP contribution is 2.26. The van der Waals surface area contributed by atoms with Crippen molar-refractivity contribution in [1.82, 2.24) is 9.88 Å². The quantitative estimate of drug-likeness (QED) is 0.546. The molecule has 0 spiro atoms. The summed E-state index contributed by atoms with van der Waals surface area (Å²) in [7, 11) is 1.61. The standard InChI is InChI=1S/C24H26ClN3O3/c1-31-21-10-11-22-16(13-21)12-17(23(29)27-22)15-28(20-8-3-2-4-9-20)24(30)26-19-7-5-6-18(25)14-19/h5-7,10-14,20H,2-4,8-9,15H2,1H3,(H,26,30)(H,27,29). The SMILES string of the molecule is COc1ccc2[nH]c(=O)c(CN(C(=O)Nc3cccc(Cl)c3)C3CCCCC3)cc2c1. The normalized spacial score (nSPS) is 14.4. The van der Waals surface area contributed by atoms with E-state index < -0.39 is 0 Å². The minimum atomic E-state index is -0.223. The Morgan fingerprint density at radius 2 is 1.97 bits per heavy atom. The molecule has 1 heterocycles. The average molecular weight is 440 g/mol. The first-order valence-corrected chi connectivity index (χ1v) is 10.9. The van der Waals surface area contributed by atoms with E-state index in [4.69, 9.17) is 16.3 Å². The second-order valence-corrected chi connectivity index (χ2v) is 8.37. The van der Waals surface area contributed by atoms with Crippen LogP contribution >= 0.6 is 11.6 Å². The third kappa shape index (κ3) is 5.02. The average Bonchev–Trinajstić information content (AvgIpc) is 2.78. The number of methoxy groups -OCH3 is 1. The third-order valence-corrected chi connectivity index (χ3v) is 6.06. The fourth-order valence-electron chi connectivity index (χ4n) is 4.18. The Balaban J connectivity index is 1.64. The van der Waals surface area contributed by atoms with Crippen LogP contribution in [0, 0.1) is 0 Å². The monoisotopic (exact) mass is 439 g/mol. The van der Waals surface area contributed by atoms with Crippen molar-refractivity contribution in [2.45, 2.75) is 44.7 Å². The number of urea groups is 1. The highest BCUT2D eigenvalue weighted by atomic mass is 35.5. The topological polar surface area (TPSA) is 74.4 Å². The molecule has 1 fully saturated rings. The van der Waals surface area contributed by atoms with Gasteiger partial charge < -0.3 is 19.9 Å². The van der Waals surface area contributed by atoms with Crippen LogP contribution in [0.25, 0.3) is 10.9 Å². The molecule has 2 amide bonds. The molecule has 0 atom stereocenters. The summed E-state index contributed by atoms with van der Waals surface area (Å²) in [5.41, 5.74) is 1.74. The fraction of sp³-hybridized carbons (Fsp3) is 0.333. The second-order valence-electron chi connectivity index (χ2n) is 7.94. The first-order valence-electron chi connectivity index (χ1n) is 10.6. The largest absolute Gasteiger partial charge is 0.497 e. The Bertz CT molecular complexity index is 1140. The number of halogens is 1. The van der Waals surface area contributed by atoms with Gasteiger partial charge in [-0.3, -0.25) is 4.79 Å². The Kier molecular flexibility index (Phi) is 6.47. The molecule has 2 N–H and O–H groups in total. The van der Waals surface area contributed by atoms with E-state index in [1.807, 2.05) is 24.3 Å². The summed E-state index contributed by atoms with van der Waals surface area (Å²) in [6, 6.07) is 14.3. The third-order valence-electron chi connectivity index (χ3n) is 5.82. The molecule has 0 saturated heterocycles.